The summed E-state index contributed by atoms with van der Waals surface area (Å²) in [6.07, 6.45) is 5.79. The first-order valence-electron chi connectivity index (χ1n) is 8.35. The monoisotopic (exact) mass is 389 g/mol. The van der Waals surface area contributed by atoms with Crippen LogP contribution in [0.25, 0.3) is 0 Å². The third-order valence-corrected chi connectivity index (χ3v) is 5.58. The number of benzene rings is 1. The first-order valence-corrected chi connectivity index (χ1v) is 10.3. The Morgan fingerprint density at radius 3 is 2.56 bits per heavy atom. The first-order chi connectivity index (χ1) is 11.8. The Hall–Kier alpha value is -1.35. The molecule has 1 aromatic rings. The number of primary sulfonamides is 1. The largest absolute Gasteiger partial charge is 0.396 e. The second-order valence-electron chi connectivity index (χ2n) is 6.19. The van der Waals surface area contributed by atoms with Crippen molar-refractivity contribution >= 4 is 33.2 Å². The summed E-state index contributed by atoms with van der Waals surface area (Å²) in [7, 11) is -4.04. The molecule has 9 heteroatoms. The highest BCUT2D eigenvalue weighted by atomic mass is 35.5. The fraction of sp³-hybridized carbons (Fsp3) is 0.562. The molecule has 1 fully saturated rings. The van der Waals surface area contributed by atoms with Crippen molar-refractivity contribution < 1.29 is 18.3 Å². The minimum Gasteiger partial charge on any atom is -0.396 e. The van der Waals surface area contributed by atoms with Crippen LogP contribution in [0.2, 0.25) is 5.02 Å². The van der Waals surface area contributed by atoms with Gasteiger partial charge < -0.3 is 15.7 Å². The normalized spacial score (nSPS) is 15.8. The lowest BCUT2D eigenvalue weighted by Gasteiger charge is -2.25. The van der Waals surface area contributed by atoms with Crippen molar-refractivity contribution in [3.05, 3.63) is 22.7 Å². The highest BCUT2D eigenvalue weighted by Crippen LogP contribution is 2.30. The van der Waals surface area contributed by atoms with Crippen molar-refractivity contribution in [2.24, 2.45) is 5.14 Å². The number of halogens is 1. The Bertz CT molecular complexity index is 718. The molecule has 25 heavy (non-hydrogen) atoms. The van der Waals surface area contributed by atoms with Crippen LogP contribution in [-0.4, -0.2) is 38.6 Å². The number of nitrogens with one attached hydrogen (secondary N) is 2. The predicted octanol–water partition coefficient (Wildman–Crippen LogP) is 1.84. The quantitative estimate of drug-likeness (QED) is 0.530. The summed E-state index contributed by atoms with van der Waals surface area (Å²) in [5, 5.41) is 20.0. The summed E-state index contributed by atoms with van der Waals surface area (Å²) in [5.74, 6) is -0.437. The SMILES string of the molecule is NS(=O)(=O)c1cc(C(=O)NCCCO)c(NC2CCCCC2)cc1Cl. The van der Waals surface area contributed by atoms with E-state index in [-0.39, 0.29) is 34.7 Å². The average molecular weight is 390 g/mol. The van der Waals surface area contributed by atoms with E-state index in [9.17, 15) is 13.2 Å². The van der Waals surface area contributed by atoms with Crippen molar-refractivity contribution in [3.8, 4) is 0 Å². The molecule has 140 valence electrons. The maximum absolute atomic E-state index is 12.5. The van der Waals surface area contributed by atoms with Crippen LogP contribution in [0.1, 0.15) is 48.9 Å². The maximum Gasteiger partial charge on any atom is 0.253 e. The van der Waals surface area contributed by atoms with Crippen molar-refractivity contribution in [2.45, 2.75) is 49.5 Å². The van der Waals surface area contributed by atoms with E-state index in [4.69, 9.17) is 21.8 Å². The fourth-order valence-electron chi connectivity index (χ4n) is 2.92. The molecule has 1 saturated carbocycles. The highest BCUT2D eigenvalue weighted by Gasteiger charge is 2.22. The lowest BCUT2D eigenvalue weighted by molar-refractivity contribution is 0.0951. The third-order valence-electron chi connectivity index (χ3n) is 4.21. The van der Waals surface area contributed by atoms with E-state index in [0.717, 1.165) is 25.7 Å². The Morgan fingerprint density at radius 2 is 1.96 bits per heavy atom. The van der Waals surface area contributed by atoms with Gasteiger partial charge in [0.05, 0.1) is 10.6 Å². The van der Waals surface area contributed by atoms with Gasteiger partial charge in [-0.1, -0.05) is 30.9 Å². The van der Waals surface area contributed by atoms with E-state index in [1.165, 1.54) is 18.6 Å². The topological polar surface area (TPSA) is 122 Å². The molecule has 1 aromatic carbocycles. The lowest BCUT2D eigenvalue weighted by Crippen LogP contribution is -2.29. The molecule has 0 heterocycles. The molecule has 1 aliphatic rings. The number of amides is 1. The molecule has 0 radical (unpaired) electrons. The minimum atomic E-state index is -4.04. The number of carbonyl (C=O) groups excluding carboxylic acids is 1. The summed E-state index contributed by atoms with van der Waals surface area (Å²) in [6, 6.07) is 2.86. The zero-order valence-corrected chi connectivity index (χ0v) is 15.5. The van der Waals surface area contributed by atoms with Crippen LogP contribution in [0.15, 0.2) is 17.0 Å². The number of carbonyl (C=O) groups is 1. The third kappa shape index (κ3) is 5.57. The second kappa shape index (κ2) is 8.84. The Kier molecular flexibility index (Phi) is 7.06. The van der Waals surface area contributed by atoms with Crippen molar-refractivity contribution in [1.29, 1.82) is 0 Å². The number of rotatable bonds is 7. The zero-order chi connectivity index (χ0) is 18.4. The number of anilines is 1. The minimum absolute atomic E-state index is 0.0206. The highest BCUT2D eigenvalue weighted by molar-refractivity contribution is 7.89. The summed E-state index contributed by atoms with van der Waals surface area (Å²) in [5.41, 5.74) is 0.669. The van der Waals surface area contributed by atoms with E-state index >= 15 is 0 Å². The van der Waals surface area contributed by atoms with Gasteiger partial charge in [0.1, 0.15) is 4.90 Å². The molecule has 0 atom stereocenters. The van der Waals surface area contributed by atoms with Crippen molar-refractivity contribution in [3.63, 3.8) is 0 Å². The van der Waals surface area contributed by atoms with E-state index in [2.05, 4.69) is 10.6 Å². The molecule has 2 rings (SSSR count). The number of sulfonamides is 1. The number of aliphatic hydroxyl groups is 1. The second-order valence-corrected chi connectivity index (χ2v) is 8.12. The average Bonchev–Trinajstić information content (AvgIpc) is 2.55. The van der Waals surface area contributed by atoms with Gasteiger partial charge in [-0.15, -0.1) is 0 Å². The van der Waals surface area contributed by atoms with Gasteiger partial charge in [0.2, 0.25) is 10.0 Å². The van der Waals surface area contributed by atoms with Gasteiger partial charge in [-0.2, -0.15) is 0 Å². The van der Waals surface area contributed by atoms with E-state index < -0.39 is 15.9 Å². The predicted molar refractivity (Wildman–Crippen MR) is 97.4 cm³/mol. The number of hydrogen-bond donors (Lipinski definition) is 4. The summed E-state index contributed by atoms with van der Waals surface area (Å²) < 4.78 is 23.4. The van der Waals surface area contributed by atoms with Gasteiger partial charge in [-0.05, 0) is 31.4 Å². The molecule has 0 saturated heterocycles. The van der Waals surface area contributed by atoms with Gasteiger partial charge in [0.25, 0.3) is 5.91 Å². The van der Waals surface area contributed by atoms with Gasteiger partial charge in [0.15, 0.2) is 0 Å². The number of hydrogen-bond acceptors (Lipinski definition) is 5. The Morgan fingerprint density at radius 1 is 1.28 bits per heavy atom. The fourth-order valence-corrected chi connectivity index (χ4v) is 4.02. The van der Waals surface area contributed by atoms with Gasteiger partial charge in [-0.3, -0.25) is 4.79 Å². The Labute approximate surface area is 153 Å². The molecule has 0 spiro atoms. The maximum atomic E-state index is 12.5. The molecule has 1 amide bonds. The molecule has 1 aliphatic carbocycles. The summed E-state index contributed by atoms with van der Waals surface area (Å²) >= 11 is 6.07. The van der Waals surface area contributed by atoms with Gasteiger partial charge in [-0.25, -0.2) is 13.6 Å². The molecule has 0 unspecified atom stereocenters. The van der Waals surface area contributed by atoms with Crippen LogP contribution in [0.4, 0.5) is 5.69 Å². The molecule has 5 N–H and O–H groups in total. The molecular weight excluding hydrogens is 366 g/mol. The van der Waals surface area contributed by atoms with Crippen LogP contribution in [0.3, 0.4) is 0 Å². The van der Waals surface area contributed by atoms with Crippen LogP contribution in [0, 0.1) is 0 Å². The van der Waals surface area contributed by atoms with Crippen LogP contribution < -0.4 is 15.8 Å². The van der Waals surface area contributed by atoms with Gasteiger partial charge in [0, 0.05) is 24.9 Å². The number of aliphatic hydroxyl groups excluding tert-OH is 1. The molecule has 7 nitrogen and oxygen atoms in total. The van der Waals surface area contributed by atoms with E-state index in [1.54, 1.807) is 0 Å². The van der Waals surface area contributed by atoms with Crippen molar-refractivity contribution in [2.75, 3.05) is 18.5 Å². The summed E-state index contributed by atoms with van der Waals surface area (Å²) in [4.78, 5) is 12.2. The standard InChI is InChI=1S/C16H24ClN3O4S/c17-13-10-14(20-11-5-2-1-3-6-11)12(9-15(13)25(18,23)24)16(22)19-7-4-8-21/h9-11,20-21H,1-8H2,(H,19,22)(H2,18,23,24). The first kappa shape index (κ1) is 20.0. The van der Waals surface area contributed by atoms with Crippen LogP contribution >= 0.6 is 11.6 Å². The molecular formula is C16H24ClN3O4S. The van der Waals surface area contributed by atoms with E-state index in [1.807, 2.05) is 0 Å². The zero-order valence-electron chi connectivity index (χ0n) is 13.9. The van der Waals surface area contributed by atoms with Gasteiger partial charge >= 0.3 is 0 Å². The molecule has 0 aliphatic heterocycles. The Balaban J connectivity index is 2.34. The summed E-state index contributed by atoms with van der Waals surface area (Å²) in [6.45, 7) is 0.238. The van der Waals surface area contributed by atoms with Crippen LogP contribution in [0.5, 0.6) is 0 Å². The van der Waals surface area contributed by atoms with E-state index in [0.29, 0.717) is 12.1 Å². The van der Waals surface area contributed by atoms with Crippen LogP contribution in [-0.2, 0) is 10.0 Å². The smallest absolute Gasteiger partial charge is 0.253 e. The lowest BCUT2D eigenvalue weighted by atomic mass is 9.95. The molecule has 0 aromatic heterocycles. The van der Waals surface area contributed by atoms with Crippen molar-refractivity contribution in [1.82, 2.24) is 5.32 Å². The molecule has 0 bridgehead atoms. The number of nitrogens with two attached hydrogens (primary N) is 1.